The number of methoxy groups -OCH3 is 1. The molecule has 2 rings (SSSR count). The monoisotopic (exact) mass is 435 g/mol. The first-order chi connectivity index (χ1) is 13.0. The van der Waals surface area contributed by atoms with E-state index < -0.39 is 0 Å². The summed E-state index contributed by atoms with van der Waals surface area (Å²) in [7, 11) is 1.61. The van der Waals surface area contributed by atoms with Crippen LogP contribution in [0.1, 0.15) is 30.9 Å². The quantitative estimate of drug-likeness (QED) is 0.552. The van der Waals surface area contributed by atoms with Gasteiger partial charge in [-0.2, -0.15) is 0 Å². The highest BCUT2D eigenvalue weighted by Gasteiger charge is 2.09. The summed E-state index contributed by atoms with van der Waals surface area (Å²) in [6, 6.07) is 11.4. The van der Waals surface area contributed by atoms with Crippen molar-refractivity contribution in [1.29, 1.82) is 0 Å². The maximum absolute atomic E-state index is 12.1. The molecular weight excluding hydrogens is 410 g/mol. The van der Waals surface area contributed by atoms with Crippen molar-refractivity contribution in [2.45, 2.75) is 33.2 Å². The van der Waals surface area contributed by atoms with Gasteiger partial charge in [0.05, 0.1) is 18.2 Å². The largest absolute Gasteiger partial charge is 0.493 e. The molecule has 1 N–H and O–H groups in total. The summed E-state index contributed by atoms with van der Waals surface area (Å²) in [4.78, 5) is 12.1. The molecule has 6 heteroatoms. The standard InChI is InChI=1S/C21H26BrNO4/c1-4-5-10-26-19-9-7-16(12-20(19)25-3)13-23-21(24)14-27-18-8-6-15(2)11-17(18)22/h6-9,11-12H,4-5,10,13-14H2,1-3H3,(H,23,24). The second kappa shape index (κ2) is 10.8. The summed E-state index contributed by atoms with van der Waals surface area (Å²) in [6.45, 7) is 5.12. The molecule has 2 aromatic rings. The van der Waals surface area contributed by atoms with Crippen molar-refractivity contribution < 1.29 is 19.0 Å². The van der Waals surface area contributed by atoms with Crippen molar-refractivity contribution >= 4 is 21.8 Å². The average Bonchev–Trinajstić information content (AvgIpc) is 2.66. The number of hydrogen-bond donors (Lipinski definition) is 1. The number of rotatable bonds is 10. The molecule has 0 spiro atoms. The summed E-state index contributed by atoms with van der Waals surface area (Å²) in [5.74, 6) is 1.84. The van der Waals surface area contributed by atoms with Crippen molar-refractivity contribution in [3.63, 3.8) is 0 Å². The van der Waals surface area contributed by atoms with E-state index in [1.807, 2.05) is 43.3 Å². The van der Waals surface area contributed by atoms with Crippen LogP contribution in [0.2, 0.25) is 0 Å². The molecule has 0 aliphatic heterocycles. The van der Waals surface area contributed by atoms with Gasteiger partial charge in [0.1, 0.15) is 5.75 Å². The van der Waals surface area contributed by atoms with E-state index in [9.17, 15) is 4.79 Å². The number of aryl methyl sites for hydroxylation is 1. The van der Waals surface area contributed by atoms with E-state index in [1.54, 1.807) is 7.11 Å². The minimum Gasteiger partial charge on any atom is -0.493 e. The molecule has 0 aliphatic carbocycles. The van der Waals surface area contributed by atoms with Gasteiger partial charge in [-0.15, -0.1) is 0 Å². The van der Waals surface area contributed by atoms with Crippen LogP contribution in [0, 0.1) is 6.92 Å². The lowest BCUT2D eigenvalue weighted by Gasteiger charge is -2.13. The van der Waals surface area contributed by atoms with Gasteiger partial charge in [-0.1, -0.05) is 25.5 Å². The lowest BCUT2D eigenvalue weighted by atomic mass is 10.2. The summed E-state index contributed by atoms with van der Waals surface area (Å²) in [6.07, 6.45) is 2.08. The zero-order valence-corrected chi connectivity index (χ0v) is 17.6. The number of hydrogen-bond acceptors (Lipinski definition) is 4. The van der Waals surface area contributed by atoms with Crippen LogP contribution in [0.15, 0.2) is 40.9 Å². The third kappa shape index (κ3) is 6.79. The Hall–Kier alpha value is -2.21. The van der Waals surface area contributed by atoms with Crippen LogP contribution in [0.25, 0.3) is 0 Å². The highest BCUT2D eigenvalue weighted by atomic mass is 79.9. The molecule has 0 heterocycles. The summed E-state index contributed by atoms with van der Waals surface area (Å²) < 4.78 is 17.5. The lowest BCUT2D eigenvalue weighted by molar-refractivity contribution is -0.123. The molecule has 1 amide bonds. The molecule has 0 unspecified atom stereocenters. The number of carbonyl (C=O) groups is 1. The van der Waals surface area contributed by atoms with Crippen molar-refractivity contribution in [3.8, 4) is 17.2 Å². The van der Waals surface area contributed by atoms with E-state index in [1.165, 1.54) is 0 Å². The molecule has 0 aliphatic rings. The fourth-order valence-electron chi connectivity index (χ4n) is 2.39. The van der Waals surface area contributed by atoms with E-state index >= 15 is 0 Å². The Balaban J connectivity index is 1.85. The predicted octanol–water partition coefficient (Wildman–Crippen LogP) is 4.64. The SMILES string of the molecule is CCCCOc1ccc(CNC(=O)COc2ccc(C)cc2Br)cc1OC. The first kappa shape index (κ1) is 21.1. The normalized spacial score (nSPS) is 10.4. The van der Waals surface area contributed by atoms with Crippen molar-refractivity contribution in [2.75, 3.05) is 20.3 Å². The molecule has 0 bridgehead atoms. The number of halogens is 1. The van der Waals surface area contributed by atoms with Crippen molar-refractivity contribution in [2.24, 2.45) is 0 Å². The van der Waals surface area contributed by atoms with Crippen LogP contribution in [0.3, 0.4) is 0 Å². The van der Waals surface area contributed by atoms with Gasteiger partial charge < -0.3 is 19.5 Å². The highest BCUT2D eigenvalue weighted by molar-refractivity contribution is 9.10. The topological polar surface area (TPSA) is 56.8 Å². The number of unbranched alkanes of at least 4 members (excludes halogenated alkanes) is 1. The molecule has 27 heavy (non-hydrogen) atoms. The van der Waals surface area contributed by atoms with Crippen LogP contribution in [0.4, 0.5) is 0 Å². The van der Waals surface area contributed by atoms with Crippen LogP contribution < -0.4 is 19.5 Å². The number of ether oxygens (including phenoxy) is 3. The van der Waals surface area contributed by atoms with Crippen molar-refractivity contribution in [3.05, 3.63) is 52.0 Å². The molecule has 146 valence electrons. The Morgan fingerprint density at radius 1 is 1.07 bits per heavy atom. The minimum atomic E-state index is -0.190. The molecule has 0 radical (unpaired) electrons. The van der Waals surface area contributed by atoms with E-state index in [4.69, 9.17) is 14.2 Å². The summed E-state index contributed by atoms with van der Waals surface area (Å²) in [5, 5.41) is 2.85. The smallest absolute Gasteiger partial charge is 0.258 e. The zero-order valence-electron chi connectivity index (χ0n) is 16.0. The first-order valence-electron chi connectivity index (χ1n) is 8.98. The van der Waals surface area contributed by atoms with Crippen molar-refractivity contribution in [1.82, 2.24) is 5.32 Å². The molecule has 0 fully saturated rings. The van der Waals surface area contributed by atoms with E-state index in [-0.39, 0.29) is 12.5 Å². The number of benzene rings is 2. The maximum atomic E-state index is 12.1. The molecule has 0 saturated carbocycles. The van der Waals surface area contributed by atoms with E-state index in [2.05, 4.69) is 28.2 Å². The van der Waals surface area contributed by atoms with E-state index in [0.29, 0.717) is 30.4 Å². The third-order valence-electron chi connectivity index (χ3n) is 3.92. The molecular formula is C21H26BrNO4. The van der Waals surface area contributed by atoms with Gasteiger partial charge in [-0.3, -0.25) is 4.79 Å². The van der Waals surface area contributed by atoms with Crippen LogP contribution in [-0.4, -0.2) is 26.2 Å². The molecule has 0 saturated heterocycles. The third-order valence-corrected chi connectivity index (χ3v) is 4.54. The molecule has 0 atom stereocenters. The second-order valence-corrected chi connectivity index (χ2v) is 7.04. The van der Waals surface area contributed by atoms with Gasteiger partial charge >= 0.3 is 0 Å². The molecule has 0 aromatic heterocycles. The fraction of sp³-hybridized carbons (Fsp3) is 0.381. The number of amides is 1. The zero-order chi connectivity index (χ0) is 19.6. The summed E-state index contributed by atoms with van der Waals surface area (Å²) >= 11 is 3.44. The Bertz CT molecular complexity index is 764. The molecule has 2 aromatic carbocycles. The Morgan fingerprint density at radius 3 is 2.56 bits per heavy atom. The fourth-order valence-corrected chi connectivity index (χ4v) is 2.99. The number of carbonyl (C=O) groups excluding carboxylic acids is 1. The van der Waals surface area contributed by atoms with Gasteiger partial charge in [0.15, 0.2) is 18.1 Å². The lowest BCUT2D eigenvalue weighted by Crippen LogP contribution is -2.28. The number of nitrogens with one attached hydrogen (secondary N) is 1. The van der Waals surface area contributed by atoms with Gasteiger partial charge in [0.2, 0.25) is 0 Å². The van der Waals surface area contributed by atoms with Crippen LogP contribution >= 0.6 is 15.9 Å². The second-order valence-electron chi connectivity index (χ2n) is 6.19. The first-order valence-corrected chi connectivity index (χ1v) is 9.78. The Labute approximate surface area is 169 Å². The summed E-state index contributed by atoms with van der Waals surface area (Å²) in [5.41, 5.74) is 2.05. The Morgan fingerprint density at radius 2 is 1.85 bits per heavy atom. The maximum Gasteiger partial charge on any atom is 0.258 e. The average molecular weight is 436 g/mol. The van der Waals surface area contributed by atoms with Gasteiger partial charge in [0, 0.05) is 6.54 Å². The van der Waals surface area contributed by atoms with Gasteiger partial charge in [-0.25, -0.2) is 0 Å². The van der Waals surface area contributed by atoms with Gasteiger partial charge in [0.25, 0.3) is 5.91 Å². The van der Waals surface area contributed by atoms with Gasteiger partial charge in [-0.05, 0) is 64.7 Å². The Kier molecular flexibility index (Phi) is 8.45. The van der Waals surface area contributed by atoms with E-state index in [0.717, 1.165) is 28.4 Å². The predicted molar refractivity (Wildman–Crippen MR) is 110 cm³/mol. The molecule has 5 nitrogen and oxygen atoms in total. The minimum absolute atomic E-state index is 0.0446. The highest BCUT2D eigenvalue weighted by Crippen LogP contribution is 2.28. The van der Waals surface area contributed by atoms with Crippen LogP contribution in [0.5, 0.6) is 17.2 Å². The van der Waals surface area contributed by atoms with Crippen LogP contribution in [-0.2, 0) is 11.3 Å².